The van der Waals surface area contributed by atoms with Gasteiger partial charge in [0.1, 0.15) is 21.4 Å². The highest BCUT2D eigenvalue weighted by molar-refractivity contribution is 7.91. The molecule has 1 saturated heterocycles. The summed E-state index contributed by atoms with van der Waals surface area (Å²) in [5.74, 6) is 2.79. The zero-order chi connectivity index (χ0) is 14.2. The molecule has 3 heterocycles. The molecule has 0 N–H and O–H groups in total. The van der Waals surface area contributed by atoms with Crippen LogP contribution in [0.4, 0.5) is 0 Å². The van der Waals surface area contributed by atoms with E-state index in [1.807, 2.05) is 28.9 Å². The van der Waals surface area contributed by atoms with E-state index in [9.17, 15) is 8.42 Å². The molecule has 0 aliphatic carbocycles. The molecule has 0 spiro atoms. The van der Waals surface area contributed by atoms with Gasteiger partial charge in [0.15, 0.2) is 0 Å². The van der Waals surface area contributed by atoms with Crippen LogP contribution in [0.25, 0.3) is 5.52 Å². The molecule has 0 bridgehead atoms. The first-order valence-corrected chi connectivity index (χ1v) is 8.60. The summed E-state index contributed by atoms with van der Waals surface area (Å²) in [6, 6.07) is 3.88. The normalized spacial score (nSPS) is 19.2. The molecule has 20 heavy (non-hydrogen) atoms. The number of fused-ring (bicyclic) bond motifs is 1. The molecule has 0 aromatic carbocycles. The fourth-order valence-electron chi connectivity index (χ4n) is 2.70. The number of sulfone groups is 1. The standard InChI is InChI=1S/C14H18N2O3S/c1-19-13-3-2-12-9-15-14(16(12)10-13)8-11-4-6-20(17,18)7-5-11/h2-3,9-11H,4-8H2,1H3. The highest BCUT2D eigenvalue weighted by Gasteiger charge is 2.24. The van der Waals surface area contributed by atoms with Gasteiger partial charge in [0.05, 0.1) is 36.5 Å². The Bertz CT molecular complexity index is 707. The van der Waals surface area contributed by atoms with E-state index in [0.29, 0.717) is 17.4 Å². The van der Waals surface area contributed by atoms with Gasteiger partial charge in [0, 0.05) is 6.42 Å². The summed E-state index contributed by atoms with van der Waals surface area (Å²) in [4.78, 5) is 4.46. The first kappa shape index (κ1) is 13.4. The lowest BCUT2D eigenvalue weighted by molar-refractivity contribution is 0.411. The van der Waals surface area contributed by atoms with Crippen LogP contribution in [-0.2, 0) is 16.3 Å². The van der Waals surface area contributed by atoms with Crippen LogP contribution in [0.1, 0.15) is 18.7 Å². The number of ether oxygens (including phenoxy) is 1. The zero-order valence-electron chi connectivity index (χ0n) is 11.4. The number of methoxy groups -OCH3 is 1. The van der Waals surface area contributed by atoms with Crippen molar-refractivity contribution in [3.63, 3.8) is 0 Å². The van der Waals surface area contributed by atoms with Gasteiger partial charge in [-0.1, -0.05) is 0 Å². The summed E-state index contributed by atoms with van der Waals surface area (Å²) in [5.41, 5.74) is 1.03. The molecule has 108 valence electrons. The number of pyridine rings is 1. The second-order valence-corrected chi connectivity index (χ2v) is 7.64. The Labute approximate surface area is 118 Å². The van der Waals surface area contributed by atoms with E-state index in [0.717, 1.165) is 36.4 Å². The molecule has 2 aromatic heterocycles. The lowest BCUT2D eigenvalue weighted by Gasteiger charge is -2.21. The highest BCUT2D eigenvalue weighted by Crippen LogP contribution is 2.24. The third kappa shape index (κ3) is 2.65. The molecule has 2 aromatic rings. The molecular weight excluding hydrogens is 276 g/mol. The number of aromatic nitrogens is 2. The van der Waals surface area contributed by atoms with E-state index in [2.05, 4.69) is 4.98 Å². The summed E-state index contributed by atoms with van der Waals surface area (Å²) in [5, 5.41) is 0. The molecule has 5 nitrogen and oxygen atoms in total. The molecule has 0 saturated carbocycles. The minimum atomic E-state index is -2.79. The van der Waals surface area contributed by atoms with Crippen LogP contribution in [0.3, 0.4) is 0 Å². The van der Waals surface area contributed by atoms with Crippen molar-refractivity contribution in [3.05, 3.63) is 30.4 Å². The highest BCUT2D eigenvalue weighted by atomic mass is 32.2. The first-order valence-electron chi connectivity index (χ1n) is 6.78. The topological polar surface area (TPSA) is 60.7 Å². The molecule has 0 unspecified atom stereocenters. The molecule has 6 heteroatoms. The Balaban J connectivity index is 1.81. The van der Waals surface area contributed by atoms with Crippen LogP contribution in [0.2, 0.25) is 0 Å². The van der Waals surface area contributed by atoms with Crippen LogP contribution in [0.15, 0.2) is 24.5 Å². The number of hydrogen-bond acceptors (Lipinski definition) is 4. The van der Waals surface area contributed by atoms with E-state index in [1.165, 1.54) is 0 Å². The van der Waals surface area contributed by atoms with Crippen molar-refractivity contribution in [2.24, 2.45) is 5.92 Å². The lowest BCUT2D eigenvalue weighted by Crippen LogP contribution is -2.25. The van der Waals surface area contributed by atoms with Gasteiger partial charge in [-0.2, -0.15) is 0 Å². The number of rotatable bonds is 3. The molecule has 1 aliphatic rings. The van der Waals surface area contributed by atoms with Gasteiger partial charge in [-0.15, -0.1) is 0 Å². The van der Waals surface area contributed by atoms with Gasteiger partial charge < -0.3 is 9.14 Å². The maximum atomic E-state index is 11.5. The van der Waals surface area contributed by atoms with Crippen LogP contribution in [-0.4, -0.2) is 36.4 Å². The molecule has 0 atom stereocenters. The van der Waals surface area contributed by atoms with Crippen molar-refractivity contribution in [1.29, 1.82) is 0 Å². The lowest BCUT2D eigenvalue weighted by atomic mass is 9.98. The average Bonchev–Trinajstić information content (AvgIpc) is 2.83. The molecule has 1 fully saturated rings. The Morgan fingerprint density at radius 3 is 2.80 bits per heavy atom. The average molecular weight is 294 g/mol. The van der Waals surface area contributed by atoms with E-state index < -0.39 is 9.84 Å². The Hall–Kier alpha value is -1.56. The van der Waals surface area contributed by atoms with Crippen molar-refractivity contribution < 1.29 is 13.2 Å². The maximum absolute atomic E-state index is 11.5. The summed E-state index contributed by atoms with van der Waals surface area (Å²) in [6.07, 6.45) is 6.06. The third-order valence-corrected chi connectivity index (χ3v) is 5.67. The van der Waals surface area contributed by atoms with Gasteiger partial charge in [0.25, 0.3) is 0 Å². The summed E-state index contributed by atoms with van der Waals surface area (Å²) < 4.78 is 30.2. The van der Waals surface area contributed by atoms with Crippen molar-refractivity contribution in [2.45, 2.75) is 19.3 Å². The van der Waals surface area contributed by atoms with Crippen molar-refractivity contribution in [3.8, 4) is 5.75 Å². The summed E-state index contributed by atoms with van der Waals surface area (Å²) in [6.45, 7) is 0. The second-order valence-electron chi connectivity index (χ2n) is 5.34. The second kappa shape index (κ2) is 5.09. The predicted molar refractivity (Wildman–Crippen MR) is 76.8 cm³/mol. The summed E-state index contributed by atoms with van der Waals surface area (Å²) >= 11 is 0. The first-order chi connectivity index (χ1) is 9.57. The molecule has 3 rings (SSSR count). The van der Waals surface area contributed by atoms with E-state index in [4.69, 9.17) is 4.74 Å². The number of imidazole rings is 1. The molecule has 0 radical (unpaired) electrons. The van der Waals surface area contributed by atoms with Crippen molar-refractivity contribution in [1.82, 2.24) is 9.38 Å². The largest absolute Gasteiger partial charge is 0.495 e. The fourth-order valence-corrected chi connectivity index (χ4v) is 4.29. The zero-order valence-corrected chi connectivity index (χ0v) is 12.3. The maximum Gasteiger partial charge on any atom is 0.150 e. The minimum absolute atomic E-state index is 0.310. The minimum Gasteiger partial charge on any atom is -0.495 e. The predicted octanol–water partition coefficient (Wildman–Crippen LogP) is 1.71. The van der Waals surface area contributed by atoms with Gasteiger partial charge in [-0.3, -0.25) is 0 Å². The van der Waals surface area contributed by atoms with Crippen LogP contribution >= 0.6 is 0 Å². The van der Waals surface area contributed by atoms with Crippen LogP contribution in [0, 0.1) is 5.92 Å². The summed E-state index contributed by atoms with van der Waals surface area (Å²) in [7, 11) is -1.15. The quantitative estimate of drug-likeness (QED) is 0.864. The van der Waals surface area contributed by atoms with Gasteiger partial charge in [-0.05, 0) is 30.9 Å². The molecular formula is C14H18N2O3S. The smallest absolute Gasteiger partial charge is 0.150 e. The molecule has 1 aliphatic heterocycles. The SMILES string of the molecule is COc1ccc2cnc(CC3CCS(=O)(=O)CC3)n2c1. The molecule has 0 amide bonds. The van der Waals surface area contributed by atoms with Gasteiger partial charge in [-0.25, -0.2) is 13.4 Å². The fraction of sp³-hybridized carbons (Fsp3) is 0.500. The number of hydrogen-bond donors (Lipinski definition) is 0. The Morgan fingerprint density at radius 1 is 1.35 bits per heavy atom. The van der Waals surface area contributed by atoms with Crippen molar-refractivity contribution >= 4 is 15.4 Å². The Morgan fingerprint density at radius 2 is 2.10 bits per heavy atom. The number of nitrogens with zero attached hydrogens (tertiary/aromatic N) is 2. The Kier molecular flexibility index (Phi) is 3.41. The third-order valence-electron chi connectivity index (χ3n) is 3.96. The van der Waals surface area contributed by atoms with E-state index >= 15 is 0 Å². The van der Waals surface area contributed by atoms with Crippen molar-refractivity contribution in [2.75, 3.05) is 18.6 Å². The van der Waals surface area contributed by atoms with Gasteiger partial charge in [0.2, 0.25) is 0 Å². The van der Waals surface area contributed by atoms with E-state index in [-0.39, 0.29) is 0 Å². The van der Waals surface area contributed by atoms with E-state index in [1.54, 1.807) is 7.11 Å². The monoisotopic (exact) mass is 294 g/mol. The van der Waals surface area contributed by atoms with Crippen LogP contribution in [0.5, 0.6) is 5.75 Å². The van der Waals surface area contributed by atoms with Crippen LogP contribution < -0.4 is 4.74 Å². The van der Waals surface area contributed by atoms with Gasteiger partial charge >= 0.3 is 0 Å².